The molecular weight excluding hydrogens is 252 g/mol. The van der Waals surface area contributed by atoms with Crippen LogP contribution in [-0.4, -0.2) is 27.2 Å². The molecule has 0 aliphatic carbocycles. The molecule has 0 N–H and O–H groups in total. The molecule has 0 spiro atoms. The summed E-state index contributed by atoms with van der Waals surface area (Å²) in [6.45, 7) is 0.106. The molecule has 88 valence electrons. The third kappa shape index (κ3) is 3.92. The minimum atomic E-state index is -2.23. The molecule has 0 aliphatic rings. The number of alkyl halides is 1. The van der Waals surface area contributed by atoms with E-state index in [0.717, 1.165) is 0 Å². The Morgan fingerprint density at radius 1 is 1.44 bits per heavy atom. The fourth-order valence-electron chi connectivity index (χ4n) is 1.18. The average Bonchev–Trinajstić information content (AvgIpc) is 2.26. The Balaban J connectivity index is 2.85. The van der Waals surface area contributed by atoms with Gasteiger partial charge in [-0.15, -0.1) is 11.6 Å². The Hall–Kier alpha value is -0.910. The lowest BCUT2D eigenvalue weighted by atomic mass is 10.1. The molecule has 0 saturated carbocycles. The first-order chi connectivity index (χ1) is 7.65. The highest BCUT2D eigenvalue weighted by Gasteiger charge is 2.11. The fourth-order valence-corrected chi connectivity index (χ4v) is 1.76. The molecule has 0 aliphatic heterocycles. The molecule has 0 amide bonds. The van der Waals surface area contributed by atoms with Crippen molar-refractivity contribution in [3.63, 3.8) is 0 Å². The quantitative estimate of drug-likeness (QED) is 0.457. The SMILES string of the molecule is O=C(OCCCl)c1ccccc1CS(=O)[O-]. The highest BCUT2D eigenvalue weighted by Crippen LogP contribution is 2.12. The van der Waals surface area contributed by atoms with Crippen LogP contribution < -0.4 is 0 Å². The van der Waals surface area contributed by atoms with Crippen molar-refractivity contribution in [3.05, 3.63) is 35.4 Å². The monoisotopic (exact) mass is 261 g/mol. The van der Waals surface area contributed by atoms with Crippen molar-refractivity contribution in [2.45, 2.75) is 5.75 Å². The van der Waals surface area contributed by atoms with E-state index >= 15 is 0 Å². The number of esters is 1. The molecule has 0 saturated heterocycles. The van der Waals surface area contributed by atoms with Crippen molar-refractivity contribution >= 4 is 28.7 Å². The summed E-state index contributed by atoms with van der Waals surface area (Å²) in [6.07, 6.45) is 0. The summed E-state index contributed by atoms with van der Waals surface area (Å²) < 4.78 is 26.0. The lowest BCUT2D eigenvalue weighted by Gasteiger charge is -2.10. The van der Waals surface area contributed by atoms with Gasteiger partial charge in [-0.25, -0.2) is 4.79 Å². The zero-order chi connectivity index (χ0) is 12.0. The Bertz CT molecular complexity index is 394. The van der Waals surface area contributed by atoms with Gasteiger partial charge in [0.15, 0.2) is 0 Å². The Labute approximate surface area is 101 Å². The molecule has 0 bridgehead atoms. The number of hydrogen-bond donors (Lipinski definition) is 0. The predicted octanol–water partition coefficient (Wildman–Crippen LogP) is 1.46. The first-order valence-electron chi connectivity index (χ1n) is 4.52. The van der Waals surface area contributed by atoms with Gasteiger partial charge in [-0.05, 0) is 11.6 Å². The van der Waals surface area contributed by atoms with Crippen molar-refractivity contribution < 1.29 is 18.3 Å². The molecule has 0 radical (unpaired) electrons. The molecule has 4 nitrogen and oxygen atoms in total. The van der Waals surface area contributed by atoms with Crippen LogP contribution in [0.3, 0.4) is 0 Å². The summed E-state index contributed by atoms with van der Waals surface area (Å²) in [5.41, 5.74) is 0.687. The number of ether oxygens (including phenoxy) is 1. The summed E-state index contributed by atoms with van der Waals surface area (Å²) in [6, 6.07) is 6.42. The largest absolute Gasteiger partial charge is 0.772 e. The molecule has 0 fully saturated rings. The highest BCUT2D eigenvalue weighted by molar-refractivity contribution is 7.78. The lowest BCUT2D eigenvalue weighted by molar-refractivity contribution is 0.0528. The summed E-state index contributed by atoms with van der Waals surface area (Å²) in [4.78, 5) is 11.5. The number of carbonyl (C=O) groups excluding carboxylic acids is 1. The van der Waals surface area contributed by atoms with E-state index in [9.17, 15) is 13.6 Å². The molecule has 1 unspecified atom stereocenters. The molecule has 0 aromatic heterocycles. The smallest absolute Gasteiger partial charge is 0.338 e. The molecule has 1 aromatic rings. The van der Waals surface area contributed by atoms with Crippen LogP contribution in [-0.2, 0) is 21.6 Å². The van der Waals surface area contributed by atoms with E-state index in [1.165, 1.54) is 6.07 Å². The fraction of sp³-hybridized carbons (Fsp3) is 0.300. The molecular formula is C10H10ClO4S-. The van der Waals surface area contributed by atoms with Crippen molar-refractivity contribution in [2.75, 3.05) is 12.5 Å². The van der Waals surface area contributed by atoms with E-state index in [0.29, 0.717) is 5.56 Å². The number of hydrogen-bond acceptors (Lipinski definition) is 4. The second-order valence-electron chi connectivity index (χ2n) is 2.93. The zero-order valence-corrected chi connectivity index (χ0v) is 9.92. The van der Waals surface area contributed by atoms with Crippen LogP contribution in [0.1, 0.15) is 15.9 Å². The Morgan fingerprint density at radius 3 is 2.75 bits per heavy atom. The first kappa shape index (κ1) is 13.2. The van der Waals surface area contributed by atoms with Crippen LogP contribution >= 0.6 is 11.6 Å². The van der Waals surface area contributed by atoms with Gasteiger partial charge in [-0.2, -0.15) is 0 Å². The molecule has 16 heavy (non-hydrogen) atoms. The van der Waals surface area contributed by atoms with Crippen molar-refractivity contribution in [1.82, 2.24) is 0 Å². The second-order valence-corrected chi connectivity index (χ2v) is 4.20. The van der Waals surface area contributed by atoms with Gasteiger partial charge in [0.05, 0.1) is 11.4 Å². The maximum Gasteiger partial charge on any atom is 0.338 e. The lowest BCUT2D eigenvalue weighted by Crippen LogP contribution is -2.10. The van der Waals surface area contributed by atoms with Crippen LogP contribution in [0, 0.1) is 0 Å². The molecule has 0 heterocycles. The highest BCUT2D eigenvalue weighted by atomic mass is 35.5. The van der Waals surface area contributed by atoms with Gasteiger partial charge in [-0.1, -0.05) is 29.3 Å². The van der Waals surface area contributed by atoms with E-state index in [-0.39, 0.29) is 23.8 Å². The zero-order valence-electron chi connectivity index (χ0n) is 8.35. The normalized spacial score (nSPS) is 12.1. The molecule has 1 atom stereocenters. The van der Waals surface area contributed by atoms with Gasteiger partial charge in [0.1, 0.15) is 6.61 Å². The summed E-state index contributed by atoms with van der Waals surface area (Å²) in [7, 11) is 0. The second kappa shape index (κ2) is 6.62. The first-order valence-corrected chi connectivity index (χ1v) is 6.30. The summed E-state index contributed by atoms with van der Waals surface area (Å²) >= 11 is 3.15. The minimum Gasteiger partial charge on any atom is -0.772 e. The van der Waals surface area contributed by atoms with Gasteiger partial charge >= 0.3 is 5.97 Å². The number of rotatable bonds is 5. The Morgan fingerprint density at radius 2 is 2.12 bits per heavy atom. The summed E-state index contributed by atoms with van der Waals surface area (Å²) in [5.74, 6) is -0.546. The van der Waals surface area contributed by atoms with Crippen LogP contribution in [0.25, 0.3) is 0 Å². The van der Waals surface area contributed by atoms with Gasteiger partial charge in [0, 0.05) is 5.75 Å². The maximum absolute atomic E-state index is 11.5. The van der Waals surface area contributed by atoms with Gasteiger partial charge < -0.3 is 9.29 Å². The van der Waals surface area contributed by atoms with E-state index in [2.05, 4.69) is 0 Å². The molecule has 1 rings (SSSR count). The van der Waals surface area contributed by atoms with Crippen molar-refractivity contribution in [3.8, 4) is 0 Å². The van der Waals surface area contributed by atoms with E-state index in [4.69, 9.17) is 16.3 Å². The third-order valence-electron chi connectivity index (χ3n) is 1.82. The average molecular weight is 262 g/mol. The maximum atomic E-state index is 11.5. The minimum absolute atomic E-state index is 0.106. The van der Waals surface area contributed by atoms with Gasteiger partial charge in [0.25, 0.3) is 0 Å². The third-order valence-corrected chi connectivity index (χ3v) is 2.52. The van der Waals surface area contributed by atoms with Crippen LogP contribution in [0.5, 0.6) is 0 Å². The van der Waals surface area contributed by atoms with E-state index in [1.807, 2.05) is 0 Å². The topological polar surface area (TPSA) is 66.4 Å². The van der Waals surface area contributed by atoms with Crippen molar-refractivity contribution in [1.29, 1.82) is 0 Å². The Kier molecular flexibility index (Phi) is 5.45. The van der Waals surface area contributed by atoms with Gasteiger partial charge in [0.2, 0.25) is 0 Å². The number of halogens is 1. The number of carbonyl (C=O) groups is 1. The standard InChI is InChI=1S/C10H11ClO4S/c11-5-6-15-10(12)9-4-2-1-3-8(9)7-16(13)14/h1-4H,5-7H2,(H,13,14)/p-1. The molecule has 1 aromatic carbocycles. The van der Waals surface area contributed by atoms with E-state index in [1.54, 1.807) is 18.2 Å². The molecule has 6 heteroatoms. The van der Waals surface area contributed by atoms with Crippen LogP contribution in [0.2, 0.25) is 0 Å². The van der Waals surface area contributed by atoms with Crippen molar-refractivity contribution in [2.24, 2.45) is 0 Å². The van der Waals surface area contributed by atoms with E-state index < -0.39 is 17.0 Å². The predicted molar refractivity (Wildman–Crippen MR) is 60.1 cm³/mol. The van der Waals surface area contributed by atoms with Crippen LogP contribution in [0.15, 0.2) is 24.3 Å². The van der Waals surface area contributed by atoms with Gasteiger partial charge in [-0.3, -0.25) is 4.21 Å². The summed E-state index contributed by atoms with van der Waals surface area (Å²) in [5, 5.41) is 0. The number of benzene rings is 1. The van der Waals surface area contributed by atoms with Crippen LogP contribution in [0.4, 0.5) is 0 Å².